The van der Waals surface area contributed by atoms with Crippen molar-refractivity contribution in [2.24, 2.45) is 0 Å². The largest absolute Gasteiger partial charge is 0.289 e. The van der Waals surface area contributed by atoms with Crippen molar-refractivity contribution in [3.63, 3.8) is 0 Å². The molecule has 7 nitrogen and oxygen atoms in total. The fourth-order valence-electron chi connectivity index (χ4n) is 2.85. The summed E-state index contributed by atoms with van der Waals surface area (Å²) in [5, 5.41) is 11.7. The molecule has 152 valence electrons. The van der Waals surface area contributed by atoms with Crippen LogP contribution < -0.4 is 4.72 Å². The molecule has 0 amide bonds. The number of fused-ring (bicyclic) bond motifs is 1. The number of nitrogens with zero attached hydrogens (tertiary/aromatic N) is 2. The monoisotopic (exact) mass is 459 g/mol. The number of hydrogen-bond donors (Lipinski definition) is 1. The molecule has 30 heavy (non-hydrogen) atoms. The average molecular weight is 460 g/mol. The molecule has 4 aromatic rings. The highest BCUT2D eigenvalue weighted by atomic mass is 35.5. The van der Waals surface area contributed by atoms with E-state index in [4.69, 9.17) is 11.6 Å². The van der Waals surface area contributed by atoms with Crippen molar-refractivity contribution in [1.82, 2.24) is 4.98 Å². The van der Waals surface area contributed by atoms with Gasteiger partial charge in [-0.2, -0.15) is 0 Å². The fourth-order valence-corrected chi connectivity index (χ4v) is 5.18. The molecule has 0 unspecified atom stereocenters. The van der Waals surface area contributed by atoms with Crippen molar-refractivity contribution in [2.75, 3.05) is 4.72 Å². The maximum Gasteiger partial charge on any atom is 0.289 e. The Morgan fingerprint density at radius 3 is 2.50 bits per heavy atom. The number of nitro benzene ring substituents is 1. The van der Waals surface area contributed by atoms with E-state index in [1.807, 2.05) is 19.1 Å². The highest BCUT2D eigenvalue weighted by Crippen LogP contribution is 2.32. The van der Waals surface area contributed by atoms with Crippen LogP contribution in [0.3, 0.4) is 0 Å². The number of nitro groups is 1. The number of thiazole rings is 1. The summed E-state index contributed by atoms with van der Waals surface area (Å²) in [6, 6.07) is 16.2. The zero-order chi connectivity index (χ0) is 21.5. The maximum atomic E-state index is 12.6. The summed E-state index contributed by atoms with van der Waals surface area (Å²) >= 11 is 7.31. The lowest BCUT2D eigenvalue weighted by molar-refractivity contribution is -0.384. The molecule has 0 radical (unpaired) electrons. The minimum atomic E-state index is -4.01. The van der Waals surface area contributed by atoms with Crippen LogP contribution in [0.1, 0.15) is 5.56 Å². The summed E-state index contributed by atoms with van der Waals surface area (Å²) < 4.78 is 28.7. The molecule has 0 saturated carbocycles. The standard InChI is InChI=1S/C20H14ClN3O4S2/c1-12-2-9-17-19(10-12)29-20(22-17)13-3-5-14(6-4-13)23-30(27,28)15-7-8-16(21)18(11-15)24(25)26/h2-11,23H,1H3. The van der Waals surface area contributed by atoms with Gasteiger partial charge in [-0.15, -0.1) is 11.3 Å². The SMILES string of the molecule is Cc1ccc2nc(-c3ccc(NS(=O)(=O)c4ccc(Cl)c([N+](=O)[O-])c4)cc3)sc2c1. The van der Waals surface area contributed by atoms with Crippen LogP contribution in [-0.2, 0) is 10.0 Å². The van der Waals surface area contributed by atoms with Gasteiger partial charge < -0.3 is 0 Å². The molecule has 1 N–H and O–H groups in total. The van der Waals surface area contributed by atoms with Crippen LogP contribution in [0.25, 0.3) is 20.8 Å². The second kappa shape index (κ2) is 7.67. The summed E-state index contributed by atoms with van der Waals surface area (Å²) in [7, 11) is -4.01. The fraction of sp³-hybridized carbons (Fsp3) is 0.0500. The van der Waals surface area contributed by atoms with E-state index >= 15 is 0 Å². The molecule has 1 aromatic heterocycles. The van der Waals surface area contributed by atoms with Gasteiger partial charge in [-0.25, -0.2) is 13.4 Å². The van der Waals surface area contributed by atoms with E-state index in [0.29, 0.717) is 5.69 Å². The molecule has 1 heterocycles. The molecule has 0 spiro atoms. The second-order valence-corrected chi connectivity index (χ2v) is 9.66. The van der Waals surface area contributed by atoms with Gasteiger partial charge in [-0.1, -0.05) is 17.7 Å². The highest BCUT2D eigenvalue weighted by Gasteiger charge is 2.21. The topological polar surface area (TPSA) is 102 Å². The molecule has 0 saturated heterocycles. The first kappa shape index (κ1) is 20.3. The van der Waals surface area contributed by atoms with Gasteiger partial charge >= 0.3 is 0 Å². The second-order valence-electron chi connectivity index (χ2n) is 6.54. The van der Waals surface area contributed by atoms with Gasteiger partial charge in [0.05, 0.1) is 20.0 Å². The van der Waals surface area contributed by atoms with Crippen LogP contribution in [-0.4, -0.2) is 18.3 Å². The molecule has 3 aromatic carbocycles. The van der Waals surface area contributed by atoms with Crippen LogP contribution >= 0.6 is 22.9 Å². The number of benzene rings is 3. The van der Waals surface area contributed by atoms with E-state index in [-0.39, 0.29) is 9.92 Å². The molecular formula is C20H14ClN3O4S2. The van der Waals surface area contributed by atoms with Crippen molar-refractivity contribution in [3.8, 4) is 10.6 Å². The molecule has 4 rings (SSSR count). The van der Waals surface area contributed by atoms with Crippen molar-refractivity contribution < 1.29 is 13.3 Å². The lowest BCUT2D eigenvalue weighted by Crippen LogP contribution is -2.13. The first-order valence-corrected chi connectivity index (χ1v) is 11.3. The van der Waals surface area contributed by atoms with Gasteiger partial charge in [-0.05, 0) is 61.0 Å². The predicted molar refractivity (Wildman–Crippen MR) is 119 cm³/mol. The lowest BCUT2D eigenvalue weighted by Gasteiger charge is -2.09. The third-order valence-corrected chi connectivity index (χ3v) is 7.12. The number of nitrogens with one attached hydrogen (secondary N) is 1. The number of sulfonamides is 1. The molecule has 0 aliphatic heterocycles. The number of aryl methyl sites for hydroxylation is 1. The van der Waals surface area contributed by atoms with Crippen molar-refractivity contribution >= 4 is 54.6 Å². The molecule has 0 aliphatic rings. The quantitative estimate of drug-likeness (QED) is 0.307. The minimum absolute atomic E-state index is 0.130. The van der Waals surface area contributed by atoms with Gasteiger partial charge in [0.25, 0.3) is 15.7 Å². The van der Waals surface area contributed by atoms with Crippen molar-refractivity contribution in [1.29, 1.82) is 0 Å². The van der Waals surface area contributed by atoms with Gasteiger partial charge in [0.15, 0.2) is 0 Å². The summed E-state index contributed by atoms with van der Waals surface area (Å²) in [5.74, 6) is 0. The third-order valence-electron chi connectivity index (χ3n) is 4.35. The Morgan fingerprint density at radius 2 is 1.80 bits per heavy atom. The third kappa shape index (κ3) is 4.00. The Hall–Kier alpha value is -3.01. The highest BCUT2D eigenvalue weighted by molar-refractivity contribution is 7.92. The Kier molecular flexibility index (Phi) is 5.19. The normalized spacial score (nSPS) is 11.5. The number of aromatic nitrogens is 1. The zero-order valence-electron chi connectivity index (χ0n) is 15.5. The summed E-state index contributed by atoms with van der Waals surface area (Å²) in [4.78, 5) is 14.7. The van der Waals surface area contributed by atoms with E-state index in [1.165, 1.54) is 12.1 Å². The van der Waals surface area contributed by atoms with Crippen LogP contribution in [0.4, 0.5) is 11.4 Å². The maximum absolute atomic E-state index is 12.6. The Balaban J connectivity index is 1.59. The Bertz CT molecular complexity index is 1380. The number of halogens is 1. The molecule has 0 aliphatic carbocycles. The smallest absolute Gasteiger partial charge is 0.280 e. The molecular weight excluding hydrogens is 446 g/mol. The summed E-state index contributed by atoms with van der Waals surface area (Å²) in [6.45, 7) is 2.02. The number of anilines is 1. The average Bonchev–Trinajstić information content (AvgIpc) is 3.11. The van der Waals surface area contributed by atoms with Crippen LogP contribution in [0.2, 0.25) is 5.02 Å². The molecule has 0 bridgehead atoms. The predicted octanol–water partition coefficient (Wildman–Crippen LogP) is 5.63. The Labute approximate surface area is 181 Å². The van der Waals surface area contributed by atoms with E-state index in [9.17, 15) is 18.5 Å². The Morgan fingerprint density at radius 1 is 1.07 bits per heavy atom. The first-order valence-electron chi connectivity index (χ1n) is 8.67. The molecule has 10 heteroatoms. The van der Waals surface area contributed by atoms with Crippen molar-refractivity contribution in [2.45, 2.75) is 11.8 Å². The van der Waals surface area contributed by atoms with Crippen LogP contribution in [0.15, 0.2) is 65.6 Å². The van der Waals surface area contributed by atoms with E-state index in [0.717, 1.165) is 32.4 Å². The summed E-state index contributed by atoms with van der Waals surface area (Å²) in [6.07, 6.45) is 0. The number of hydrogen-bond acceptors (Lipinski definition) is 6. The van der Waals surface area contributed by atoms with E-state index in [1.54, 1.807) is 35.6 Å². The molecule has 0 fully saturated rings. The number of rotatable bonds is 5. The first-order chi connectivity index (χ1) is 14.2. The lowest BCUT2D eigenvalue weighted by atomic mass is 10.2. The van der Waals surface area contributed by atoms with Gasteiger partial charge in [0.2, 0.25) is 0 Å². The van der Waals surface area contributed by atoms with Gasteiger partial charge in [0, 0.05) is 17.3 Å². The zero-order valence-corrected chi connectivity index (χ0v) is 17.9. The molecule has 0 atom stereocenters. The van der Waals surface area contributed by atoms with Crippen molar-refractivity contribution in [3.05, 3.63) is 81.4 Å². The van der Waals surface area contributed by atoms with E-state index in [2.05, 4.69) is 15.8 Å². The summed E-state index contributed by atoms with van der Waals surface area (Å²) in [5.41, 5.74) is 2.79. The van der Waals surface area contributed by atoms with Crippen LogP contribution in [0.5, 0.6) is 0 Å². The minimum Gasteiger partial charge on any atom is -0.280 e. The van der Waals surface area contributed by atoms with E-state index < -0.39 is 20.6 Å². The van der Waals surface area contributed by atoms with Gasteiger partial charge in [-0.3, -0.25) is 14.8 Å². The van der Waals surface area contributed by atoms with Crippen LogP contribution in [0, 0.1) is 17.0 Å². The van der Waals surface area contributed by atoms with Gasteiger partial charge in [0.1, 0.15) is 10.0 Å².